The van der Waals surface area contributed by atoms with Crippen LogP contribution in [0.15, 0.2) is 47.3 Å². The van der Waals surface area contributed by atoms with Gasteiger partial charge in [0.2, 0.25) is 5.95 Å². The molecule has 3 aromatic heterocycles. The SMILES string of the molecule is CN1C2CC[C@@H]1CC(Nc1nccc(-c3c(-c4ccc(F)cc4F)nc4occn34)n1)C2. The lowest BCUT2D eigenvalue weighted by atomic mass is 9.98. The molecule has 2 unspecified atom stereocenters. The first-order valence-corrected chi connectivity index (χ1v) is 10.8. The molecule has 1 N–H and O–H groups in total. The van der Waals surface area contributed by atoms with Crippen LogP contribution in [0, 0.1) is 11.6 Å². The van der Waals surface area contributed by atoms with Crippen molar-refractivity contribution in [2.24, 2.45) is 0 Å². The number of nitrogens with zero attached hydrogens (tertiary/aromatic N) is 5. The van der Waals surface area contributed by atoms with E-state index in [0.29, 0.717) is 47.0 Å². The quantitative estimate of drug-likeness (QED) is 0.512. The molecule has 0 spiro atoms. The van der Waals surface area contributed by atoms with Crippen LogP contribution in [-0.4, -0.2) is 49.4 Å². The highest BCUT2D eigenvalue weighted by Crippen LogP contribution is 2.36. The summed E-state index contributed by atoms with van der Waals surface area (Å²) in [6.07, 6.45) is 9.48. The summed E-state index contributed by atoms with van der Waals surface area (Å²) in [5.74, 6) is -0.503. The third kappa shape index (κ3) is 3.15. The zero-order chi connectivity index (χ0) is 21.8. The van der Waals surface area contributed by atoms with Crippen molar-refractivity contribution in [1.29, 1.82) is 0 Å². The van der Waals surface area contributed by atoms with Gasteiger partial charge in [0, 0.05) is 42.1 Å². The van der Waals surface area contributed by atoms with Crippen LogP contribution < -0.4 is 5.32 Å². The van der Waals surface area contributed by atoms with Crippen LogP contribution in [0.5, 0.6) is 0 Å². The van der Waals surface area contributed by atoms with Crippen LogP contribution in [-0.2, 0) is 0 Å². The van der Waals surface area contributed by atoms with Gasteiger partial charge in [-0.05, 0) is 50.9 Å². The van der Waals surface area contributed by atoms with E-state index < -0.39 is 11.6 Å². The van der Waals surface area contributed by atoms with Gasteiger partial charge in [-0.15, -0.1) is 0 Å². The number of halogens is 2. The minimum atomic E-state index is -0.693. The molecule has 164 valence electrons. The zero-order valence-corrected chi connectivity index (χ0v) is 17.5. The molecule has 7 nitrogen and oxygen atoms in total. The minimum absolute atomic E-state index is 0.181. The zero-order valence-electron chi connectivity index (χ0n) is 17.5. The number of benzene rings is 1. The van der Waals surface area contributed by atoms with Crippen LogP contribution >= 0.6 is 0 Å². The van der Waals surface area contributed by atoms with E-state index in [0.717, 1.165) is 18.9 Å². The van der Waals surface area contributed by atoms with Crippen molar-refractivity contribution in [2.45, 2.75) is 43.8 Å². The van der Waals surface area contributed by atoms with Crippen molar-refractivity contribution in [2.75, 3.05) is 12.4 Å². The lowest BCUT2D eigenvalue weighted by Crippen LogP contribution is -2.44. The lowest BCUT2D eigenvalue weighted by Gasteiger charge is -2.36. The molecule has 0 radical (unpaired) electrons. The Morgan fingerprint density at radius 1 is 1.09 bits per heavy atom. The molecular weight excluding hydrogens is 414 g/mol. The van der Waals surface area contributed by atoms with Crippen molar-refractivity contribution in [3.8, 4) is 22.6 Å². The second kappa shape index (κ2) is 7.37. The van der Waals surface area contributed by atoms with Crippen LogP contribution in [0.4, 0.5) is 14.7 Å². The number of fused-ring (bicyclic) bond motifs is 3. The van der Waals surface area contributed by atoms with Gasteiger partial charge in [0.15, 0.2) is 0 Å². The number of anilines is 1. The first kappa shape index (κ1) is 19.4. The maximum atomic E-state index is 14.6. The van der Waals surface area contributed by atoms with Gasteiger partial charge in [-0.3, -0.25) is 4.40 Å². The van der Waals surface area contributed by atoms with E-state index in [9.17, 15) is 8.78 Å². The summed E-state index contributed by atoms with van der Waals surface area (Å²) in [5, 5.41) is 3.50. The number of imidazole rings is 1. The first-order chi connectivity index (χ1) is 15.6. The Morgan fingerprint density at radius 3 is 2.69 bits per heavy atom. The predicted molar refractivity (Wildman–Crippen MR) is 115 cm³/mol. The number of oxazole rings is 1. The van der Waals surface area contributed by atoms with Gasteiger partial charge in [-0.1, -0.05) is 0 Å². The van der Waals surface area contributed by atoms with Crippen molar-refractivity contribution in [3.05, 3.63) is 54.6 Å². The molecule has 0 aliphatic carbocycles. The molecule has 2 saturated heterocycles. The highest BCUT2D eigenvalue weighted by atomic mass is 19.1. The Labute approximate surface area is 183 Å². The number of hydrogen-bond donors (Lipinski definition) is 1. The summed E-state index contributed by atoms with van der Waals surface area (Å²) in [4.78, 5) is 16.1. The smallest absolute Gasteiger partial charge is 0.306 e. The van der Waals surface area contributed by atoms with Gasteiger partial charge in [0.1, 0.15) is 29.3 Å². The van der Waals surface area contributed by atoms with Crippen molar-refractivity contribution in [3.63, 3.8) is 0 Å². The standard InChI is InChI=1S/C23H22F2N6O/c1-30-15-3-4-16(30)12-14(11-15)27-22-26-7-6-19(28-22)21-20(29-23-31(21)8-9-32-23)17-5-2-13(24)10-18(17)25/h2,5-10,14-16H,3-4,11-12H2,1H3,(H,26,27,28)/t14?,15-,16?/m1/s1. The fraction of sp³-hybridized carbons (Fsp3) is 0.348. The molecule has 3 atom stereocenters. The van der Waals surface area contributed by atoms with Crippen LogP contribution in [0.2, 0.25) is 0 Å². The predicted octanol–water partition coefficient (Wildman–Crippen LogP) is 4.37. The van der Waals surface area contributed by atoms with Gasteiger partial charge in [-0.25, -0.2) is 18.7 Å². The minimum Gasteiger partial charge on any atom is -0.432 e. The Balaban J connectivity index is 1.38. The van der Waals surface area contributed by atoms with Gasteiger partial charge >= 0.3 is 5.84 Å². The molecule has 6 rings (SSSR count). The van der Waals surface area contributed by atoms with E-state index in [4.69, 9.17) is 9.40 Å². The van der Waals surface area contributed by atoms with Crippen molar-refractivity contribution in [1.82, 2.24) is 24.3 Å². The second-order valence-electron chi connectivity index (χ2n) is 8.62. The first-order valence-electron chi connectivity index (χ1n) is 10.8. The van der Waals surface area contributed by atoms with Gasteiger partial charge in [-0.2, -0.15) is 4.98 Å². The Hall–Kier alpha value is -3.33. The monoisotopic (exact) mass is 436 g/mol. The average molecular weight is 436 g/mol. The average Bonchev–Trinajstić information content (AvgIpc) is 3.40. The van der Waals surface area contributed by atoms with Crippen LogP contribution in [0.3, 0.4) is 0 Å². The maximum absolute atomic E-state index is 14.6. The molecular formula is C23H22F2N6O. The summed E-state index contributed by atoms with van der Waals surface area (Å²) < 4.78 is 35.2. The summed E-state index contributed by atoms with van der Waals surface area (Å²) >= 11 is 0. The van der Waals surface area contributed by atoms with E-state index in [2.05, 4.69) is 27.2 Å². The number of aromatic nitrogens is 4. The Bertz CT molecular complexity index is 1290. The van der Waals surface area contributed by atoms with Gasteiger partial charge in [0.05, 0.1) is 5.69 Å². The van der Waals surface area contributed by atoms with Gasteiger partial charge < -0.3 is 14.6 Å². The molecule has 5 heterocycles. The number of piperidine rings is 1. The Morgan fingerprint density at radius 2 is 1.91 bits per heavy atom. The largest absolute Gasteiger partial charge is 0.432 e. The number of rotatable bonds is 4. The molecule has 32 heavy (non-hydrogen) atoms. The summed E-state index contributed by atoms with van der Waals surface area (Å²) in [7, 11) is 2.21. The highest BCUT2D eigenvalue weighted by Gasteiger charge is 2.38. The highest BCUT2D eigenvalue weighted by molar-refractivity contribution is 5.80. The molecule has 2 aliphatic rings. The fourth-order valence-electron chi connectivity index (χ4n) is 5.17. The maximum Gasteiger partial charge on any atom is 0.306 e. The molecule has 2 fully saturated rings. The van der Waals surface area contributed by atoms with E-state index in [-0.39, 0.29) is 5.56 Å². The molecule has 9 heteroatoms. The normalized spacial score (nSPS) is 23.2. The summed E-state index contributed by atoms with van der Waals surface area (Å²) in [6.45, 7) is 0. The number of hydrogen-bond acceptors (Lipinski definition) is 6. The van der Waals surface area contributed by atoms with E-state index in [1.165, 1.54) is 31.2 Å². The summed E-state index contributed by atoms with van der Waals surface area (Å²) in [6, 6.07) is 6.71. The van der Waals surface area contributed by atoms with Gasteiger partial charge in [0.25, 0.3) is 0 Å². The summed E-state index contributed by atoms with van der Waals surface area (Å²) in [5.41, 5.74) is 1.66. The van der Waals surface area contributed by atoms with E-state index in [1.807, 2.05) is 0 Å². The molecule has 1 aromatic carbocycles. The lowest BCUT2D eigenvalue weighted by molar-refractivity contribution is 0.168. The molecule has 2 bridgehead atoms. The fourth-order valence-corrected chi connectivity index (χ4v) is 5.17. The number of nitrogens with one attached hydrogen (secondary N) is 1. The molecule has 2 aliphatic heterocycles. The molecule has 4 aromatic rings. The third-order valence-electron chi connectivity index (χ3n) is 6.78. The third-order valence-corrected chi connectivity index (χ3v) is 6.78. The van der Waals surface area contributed by atoms with Crippen LogP contribution in [0.1, 0.15) is 25.7 Å². The van der Waals surface area contributed by atoms with Crippen LogP contribution in [0.25, 0.3) is 28.5 Å². The molecule has 0 saturated carbocycles. The van der Waals surface area contributed by atoms with Crippen molar-refractivity contribution >= 4 is 11.8 Å². The van der Waals surface area contributed by atoms with Crippen molar-refractivity contribution < 1.29 is 13.2 Å². The second-order valence-corrected chi connectivity index (χ2v) is 8.62. The topological polar surface area (TPSA) is 71.5 Å². The van der Waals surface area contributed by atoms with E-state index in [1.54, 1.807) is 22.9 Å². The molecule has 0 amide bonds. The van der Waals surface area contributed by atoms with E-state index >= 15 is 0 Å². The Kier molecular flexibility index (Phi) is 4.46.